The average molecular weight is 184 g/mol. The van der Waals surface area contributed by atoms with Gasteiger partial charge >= 0.3 is 5.97 Å². The number of hydroxylamine groups is 1. The molecule has 74 valence electrons. The lowest BCUT2D eigenvalue weighted by atomic mass is 9.94. The standard InChI is InChI=1S/C9H16N2O2/c1-10-8-6-4-3-5-7(8)9(12)13-11-2/h5,8,10-11H,3-4,6H2,1-2H3. The minimum absolute atomic E-state index is 0.148. The van der Waals surface area contributed by atoms with Gasteiger partial charge in [0.25, 0.3) is 0 Å². The Balaban J connectivity index is 2.63. The molecule has 0 fully saturated rings. The predicted octanol–water partition coefficient (Wildman–Crippen LogP) is 0.362. The third kappa shape index (κ3) is 2.54. The highest BCUT2D eigenvalue weighted by molar-refractivity contribution is 5.89. The van der Waals surface area contributed by atoms with Gasteiger partial charge in [-0.3, -0.25) is 0 Å². The van der Waals surface area contributed by atoms with Gasteiger partial charge in [0.2, 0.25) is 0 Å². The second kappa shape index (κ2) is 4.99. The second-order valence-corrected chi connectivity index (χ2v) is 3.03. The zero-order valence-electron chi connectivity index (χ0n) is 8.09. The highest BCUT2D eigenvalue weighted by atomic mass is 16.7. The molecule has 0 saturated carbocycles. The molecule has 1 aliphatic carbocycles. The van der Waals surface area contributed by atoms with Crippen molar-refractivity contribution in [3.8, 4) is 0 Å². The fraction of sp³-hybridized carbons (Fsp3) is 0.667. The Bertz CT molecular complexity index is 214. The molecule has 4 nitrogen and oxygen atoms in total. The van der Waals surface area contributed by atoms with E-state index in [4.69, 9.17) is 4.84 Å². The van der Waals surface area contributed by atoms with E-state index in [1.807, 2.05) is 13.1 Å². The van der Waals surface area contributed by atoms with Crippen molar-refractivity contribution in [3.63, 3.8) is 0 Å². The molecule has 1 rings (SSSR count). The Kier molecular flexibility index (Phi) is 3.92. The number of allylic oxidation sites excluding steroid dienone is 1. The minimum atomic E-state index is -0.276. The molecule has 13 heavy (non-hydrogen) atoms. The summed E-state index contributed by atoms with van der Waals surface area (Å²) >= 11 is 0. The van der Waals surface area contributed by atoms with E-state index in [2.05, 4.69) is 10.8 Å². The molecule has 0 aromatic heterocycles. The zero-order valence-corrected chi connectivity index (χ0v) is 8.09. The fourth-order valence-corrected chi connectivity index (χ4v) is 1.55. The maximum atomic E-state index is 11.4. The average Bonchev–Trinajstić information content (AvgIpc) is 2.18. The molecule has 0 heterocycles. The van der Waals surface area contributed by atoms with Gasteiger partial charge in [0.05, 0.1) is 5.57 Å². The maximum absolute atomic E-state index is 11.4. The molecule has 2 N–H and O–H groups in total. The number of likely N-dealkylation sites (N-methyl/N-ethyl adjacent to an activating group) is 1. The van der Waals surface area contributed by atoms with E-state index in [0.717, 1.165) is 24.8 Å². The molecule has 0 bridgehead atoms. The van der Waals surface area contributed by atoms with Gasteiger partial charge < -0.3 is 10.2 Å². The maximum Gasteiger partial charge on any atom is 0.353 e. The number of hydrogen-bond acceptors (Lipinski definition) is 4. The molecule has 0 amide bonds. The summed E-state index contributed by atoms with van der Waals surface area (Å²) in [6, 6.07) is 0.148. The van der Waals surface area contributed by atoms with Crippen molar-refractivity contribution in [2.24, 2.45) is 0 Å². The number of hydrogen-bond donors (Lipinski definition) is 2. The first-order valence-corrected chi connectivity index (χ1v) is 4.54. The third-order valence-corrected chi connectivity index (χ3v) is 2.22. The largest absolute Gasteiger partial charge is 0.367 e. The molecule has 4 heteroatoms. The van der Waals surface area contributed by atoms with E-state index in [0.29, 0.717) is 0 Å². The predicted molar refractivity (Wildman–Crippen MR) is 49.9 cm³/mol. The van der Waals surface area contributed by atoms with Crippen molar-refractivity contribution in [2.45, 2.75) is 25.3 Å². The molecule has 1 unspecified atom stereocenters. The Morgan fingerprint density at radius 2 is 2.38 bits per heavy atom. The molecule has 0 aromatic carbocycles. The first-order chi connectivity index (χ1) is 6.29. The SMILES string of the molecule is CNOC(=O)C1=CCCCC1NC. The van der Waals surface area contributed by atoms with E-state index in [1.54, 1.807) is 7.05 Å². The van der Waals surface area contributed by atoms with E-state index < -0.39 is 0 Å². The van der Waals surface area contributed by atoms with Gasteiger partial charge in [-0.2, -0.15) is 5.48 Å². The van der Waals surface area contributed by atoms with Crippen LogP contribution < -0.4 is 10.8 Å². The lowest BCUT2D eigenvalue weighted by molar-refractivity contribution is -0.145. The first-order valence-electron chi connectivity index (χ1n) is 4.54. The minimum Gasteiger partial charge on any atom is -0.367 e. The van der Waals surface area contributed by atoms with Crippen LogP contribution in [-0.4, -0.2) is 26.1 Å². The Morgan fingerprint density at radius 3 is 3.00 bits per heavy atom. The van der Waals surface area contributed by atoms with Crippen LogP contribution in [-0.2, 0) is 9.63 Å². The van der Waals surface area contributed by atoms with Crippen LogP contribution in [0.5, 0.6) is 0 Å². The Hall–Kier alpha value is -0.870. The van der Waals surface area contributed by atoms with Gasteiger partial charge in [0, 0.05) is 13.1 Å². The normalized spacial score (nSPS) is 22.3. The van der Waals surface area contributed by atoms with E-state index in [1.165, 1.54) is 0 Å². The van der Waals surface area contributed by atoms with Gasteiger partial charge in [-0.05, 0) is 26.3 Å². The van der Waals surface area contributed by atoms with Crippen LogP contribution in [0.4, 0.5) is 0 Å². The van der Waals surface area contributed by atoms with Crippen molar-refractivity contribution in [1.29, 1.82) is 0 Å². The smallest absolute Gasteiger partial charge is 0.353 e. The lowest BCUT2D eigenvalue weighted by Gasteiger charge is -2.21. The first kappa shape index (κ1) is 10.2. The zero-order chi connectivity index (χ0) is 9.68. The molecule has 1 aliphatic rings. The van der Waals surface area contributed by atoms with Crippen LogP contribution in [0.3, 0.4) is 0 Å². The number of carbonyl (C=O) groups excluding carboxylic acids is 1. The van der Waals surface area contributed by atoms with E-state index in [-0.39, 0.29) is 12.0 Å². The van der Waals surface area contributed by atoms with Crippen LogP contribution in [0, 0.1) is 0 Å². The molecular weight excluding hydrogens is 168 g/mol. The molecule has 0 aliphatic heterocycles. The van der Waals surface area contributed by atoms with Crippen molar-refractivity contribution in [2.75, 3.05) is 14.1 Å². The van der Waals surface area contributed by atoms with Gasteiger partial charge in [-0.15, -0.1) is 0 Å². The third-order valence-electron chi connectivity index (χ3n) is 2.22. The number of nitrogens with one attached hydrogen (secondary N) is 2. The summed E-state index contributed by atoms with van der Waals surface area (Å²) in [5.41, 5.74) is 3.13. The van der Waals surface area contributed by atoms with Crippen molar-refractivity contribution in [3.05, 3.63) is 11.6 Å². The second-order valence-electron chi connectivity index (χ2n) is 3.03. The summed E-state index contributed by atoms with van der Waals surface area (Å²) in [7, 11) is 3.44. The molecular formula is C9H16N2O2. The van der Waals surface area contributed by atoms with E-state index in [9.17, 15) is 4.79 Å². The number of carbonyl (C=O) groups is 1. The summed E-state index contributed by atoms with van der Waals surface area (Å²) in [5, 5.41) is 3.10. The van der Waals surface area contributed by atoms with Crippen LogP contribution in [0.25, 0.3) is 0 Å². The molecule has 0 saturated heterocycles. The van der Waals surface area contributed by atoms with Gasteiger partial charge in [-0.25, -0.2) is 4.79 Å². The quantitative estimate of drug-likeness (QED) is 0.622. The van der Waals surface area contributed by atoms with Crippen LogP contribution in [0.15, 0.2) is 11.6 Å². The number of rotatable bonds is 3. The van der Waals surface area contributed by atoms with Crippen LogP contribution in [0.1, 0.15) is 19.3 Å². The van der Waals surface area contributed by atoms with Crippen molar-refractivity contribution >= 4 is 5.97 Å². The Morgan fingerprint density at radius 1 is 1.62 bits per heavy atom. The molecule has 0 aromatic rings. The van der Waals surface area contributed by atoms with Gasteiger partial charge in [-0.1, -0.05) is 6.08 Å². The van der Waals surface area contributed by atoms with Crippen LogP contribution in [0.2, 0.25) is 0 Å². The summed E-state index contributed by atoms with van der Waals surface area (Å²) in [6.45, 7) is 0. The molecule has 0 radical (unpaired) electrons. The highest BCUT2D eigenvalue weighted by Crippen LogP contribution is 2.18. The van der Waals surface area contributed by atoms with Crippen molar-refractivity contribution in [1.82, 2.24) is 10.8 Å². The van der Waals surface area contributed by atoms with Crippen molar-refractivity contribution < 1.29 is 9.63 Å². The monoisotopic (exact) mass is 184 g/mol. The fourth-order valence-electron chi connectivity index (χ4n) is 1.55. The van der Waals surface area contributed by atoms with Gasteiger partial charge in [0.15, 0.2) is 0 Å². The topological polar surface area (TPSA) is 50.4 Å². The highest BCUT2D eigenvalue weighted by Gasteiger charge is 2.22. The van der Waals surface area contributed by atoms with E-state index >= 15 is 0 Å². The lowest BCUT2D eigenvalue weighted by Crippen LogP contribution is -2.34. The summed E-state index contributed by atoms with van der Waals surface area (Å²) < 4.78 is 0. The Labute approximate surface area is 78.3 Å². The summed E-state index contributed by atoms with van der Waals surface area (Å²) in [5.74, 6) is -0.276. The molecule has 1 atom stereocenters. The molecule has 0 spiro atoms. The summed E-state index contributed by atoms with van der Waals surface area (Å²) in [4.78, 5) is 16.1. The van der Waals surface area contributed by atoms with Crippen LogP contribution >= 0.6 is 0 Å². The summed E-state index contributed by atoms with van der Waals surface area (Å²) in [6.07, 6.45) is 5.04. The van der Waals surface area contributed by atoms with Gasteiger partial charge in [0.1, 0.15) is 0 Å².